The van der Waals surface area contributed by atoms with Gasteiger partial charge in [0.15, 0.2) is 17.3 Å². The van der Waals surface area contributed by atoms with E-state index in [2.05, 4.69) is 10.6 Å². The van der Waals surface area contributed by atoms with Gasteiger partial charge in [-0.3, -0.25) is 9.59 Å². The van der Waals surface area contributed by atoms with Gasteiger partial charge in [-0.15, -0.1) is 0 Å². The minimum absolute atomic E-state index is 0.0111. The predicted octanol–water partition coefficient (Wildman–Crippen LogP) is 5.69. The first-order valence-electron chi connectivity index (χ1n) is 12.3. The van der Waals surface area contributed by atoms with E-state index in [0.717, 1.165) is 23.4 Å². The lowest BCUT2D eigenvalue weighted by molar-refractivity contribution is -0.116. The standard InChI is InChI=1S/C30H24F2N2O4/c1-16-26(30(36)34-29-20(31)8-5-9-21(29)32)27(18-10-11-24-25(14-18)38-15-37-24)28-22(33-16)12-19(13-23(28)35)17-6-3-2-4-7-17/h2-11,14,19,27,33H,12-13,15H2,1H3,(H,34,36). The van der Waals surface area contributed by atoms with Crippen molar-refractivity contribution in [2.75, 3.05) is 12.1 Å². The number of rotatable bonds is 4. The van der Waals surface area contributed by atoms with E-state index in [4.69, 9.17) is 9.47 Å². The molecule has 2 unspecified atom stereocenters. The zero-order chi connectivity index (χ0) is 26.4. The highest BCUT2D eigenvalue weighted by atomic mass is 19.1. The van der Waals surface area contributed by atoms with Gasteiger partial charge in [-0.25, -0.2) is 8.78 Å². The number of hydrogen-bond donors (Lipinski definition) is 2. The number of ketones is 1. The molecule has 1 aliphatic carbocycles. The van der Waals surface area contributed by atoms with E-state index in [9.17, 15) is 18.4 Å². The average Bonchev–Trinajstić information content (AvgIpc) is 3.38. The smallest absolute Gasteiger partial charge is 0.254 e. The zero-order valence-corrected chi connectivity index (χ0v) is 20.5. The van der Waals surface area contributed by atoms with Crippen molar-refractivity contribution in [3.05, 3.63) is 112 Å². The Kier molecular flexibility index (Phi) is 5.94. The van der Waals surface area contributed by atoms with Gasteiger partial charge >= 0.3 is 0 Å². The van der Waals surface area contributed by atoms with Crippen LogP contribution in [-0.4, -0.2) is 18.5 Å². The minimum Gasteiger partial charge on any atom is -0.454 e. The van der Waals surface area contributed by atoms with Gasteiger partial charge in [-0.05, 0) is 54.7 Å². The monoisotopic (exact) mass is 514 g/mol. The fraction of sp³-hybridized carbons (Fsp3) is 0.200. The first-order valence-corrected chi connectivity index (χ1v) is 12.3. The third-order valence-electron chi connectivity index (χ3n) is 7.27. The molecule has 2 aliphatic heterocycles. The Morgan fingerprint density at radius 1 is 0.921 bits per heavy atom. The highest BCUT2D eigenvalue weighted by molar-refractivity contribution is 6.10. The van der Waals surface area contributed by atoms with Crippen molar-refractivity contribution in [1.82, 2.24) is 5.32 Å². The van der Waals surface area contributed by atoms with Crippen molar-refractivity contribution in [1.29, 1.82) is 0 Å². The highest BCUT2D eigenvalue weighted by Gasteiger charge is 2.41. The molecule has 8 heteroatoms. The van der Waals surface area contributed by atoms with Crippen LogP contribution in [0.3, 0.4) is 0 Å². The van der Waals surface area contributed by atoms with Gasteiger partial charge in [0.05, 0.1) is 0 Å². The largest absolute Gasteiger partial charge is 0.454 e. The number of anilines is 1. The van der Waals surface area contributed by atoms with Gasteiger partial charge in [-0.1, -0.05) is 42.5 Å². The van der Waals surface area contributed by atoms with E-state index < -0.39 is 29.1 Å². The number of allylic oxidation sites excluding steroid dienone is 3. The first-order chi connectivity index (χ1) is 18.4. The summed E-state index contributed by atoms with van der Waals surface area (Å²) in [5, 5.41) is 5.68. The second-order valence-electron chi connectivity index (χ2n) is 9.59. The summed E-state index contributed by atoms with van der Waals surface area (Å²) >= 11 is 0. The Bertz CT molecular complexity index is 1510. The summed E-state index contributed by atoms with van der Waals surface area (Å²) in [7, 11) is 0. The molecule has 6 rings (SSSR count). The van der Waals surface area contributed by atoms with E-state index >= 15 is 0 Å². The van der Waals surface area contributed by atoms with Crippen LogP contribution in [0.25, 0.3) is 0 Å². The molecule has 38 heavy (non-hydrogen) atoms. The Hall–Kier alpha value is -4.46. The second-order valence-corrected chi connectivity index (χ2v) is 9.59. The lowest BCUT2D eigenvalue weighted by atomic mass is 9.71. The maximum atomic E-state index is 14.4. The Labute approximate surface area is 218 Å². The number of nitrogens with one attached hydrogen (secondary N) is 2. The zero-order valence-electron chi connectivity index (χ0n) is 20.5. The molecule has 2 atom stereocenters. The third kappa shape index (κ3) is 4.12. The minimum atomic E-state index is -0.889. The van der Waals surface area contributed by atoms with Crippen molar-refractivity contribution in [2.24, 2.45) is 0 Å². The molecule has 3 aromatic rings. The number of para-hydroxylation sites is 1. The van der Waals surface area contributed by atoms with Gasteiger partial charge in [0, 0.05) is 34.9 Å². The molecular weight excluding hydrogens is 490 g/mol. The van der Waals surface area contributed by atoms with Crippen LogP contribution >= 0.6 is 0 Å². The van der Waals surface area contributed by atoms with E-state index in [1.54, 1.807) is 25.1 Å². The van der Waals surface area contributed by atoms with Crippen LogP contribution in [0.15, 0.2) is 89.3 Å². The molecule has 192 valence electrons. The van der Waals surface area contributed by atoms with Gasteiger partial charge in [-0.2, -0.15) is 0 Å². The summed E-state index contributed by atoms with van der Waals surface area (Å²) in [6.07, 6.45) is 0.863. The SMILES string of the molecule is CC1=C(C(=O)Nc2c(F)cccc2F)C(c2ccc3c(c2)OCO3)C2=C(CC(c3ccccc3)CC2=O)N1. The van der Waals surface area contributed by atoms with Gasteiger partial charge in [0.2, 0.25) is 6.79 Å². The van der Waals surface area contributed by atoms with Crippen molar-refractivity contribution >= 4 is 17.4 Å². The molecular formula is C30H24F2N2O4. The number of carbonyl (C=O) groups is 2. The van der Waals surface area contributed by atoms with E-state index in [0.29, 0.717) is 34.8 Å². The molecule has 0 aromatic heterocycles. The predicted molar refractivity (Wildman–Crippen MR) is 137 cm³/mol. The average molecular weight is 515 g/mol. The van der Waals surface area contributed by atoms with Crippen LogP contribution in [-0.2, 0) is 9.59 Å². The number of carbonyl (C=O) groups excluding carboxylic acids is 2. The van der Waals surface area contributed by atoms with Crippen molar-refractivity contribution in [2.45, 2.75) is 31.6 Å². The number of amides is 1. The number of fused-ring (bicyclic) bond motifs is 1. The molecule has 2 N–H and O–H groups in total. The summed E-state index contributed by atoms with van der Waals surface area (Å²) in [6, 6.07) is 18.5. The molecule has 3 aromatic carbocycles. The molecule has 0 bridgehead atoms. The normalized spacial score (nSPS) is 20.2. The molecule has 6 nitrogen and oxygen atoms in total. The van der Waals surface area contributed by atoms with Crippen LogP contribution < -0.4 is 20.1 Å². The van der Waals surface area contributed by atoms with E-state index in [-0.39, 0.29) is 30.5 Å². The van der Waals surface area contributed by atoms with Crippen molar-refractivity contribution in [3.8, 4) is 11.5 Å². The molecule has 0 saturated carbocycles. The van der Waals surface area contributed by atoms with E-state index in [1.807, 2.05) is 30.3 Å². The molecule has 0 saturated heterocycles. The number of hydrogen-bond acceptors (Lipinski definition) is 5. The van der Waals surface area contributed by atoms with Gasteiger partial charge in [0.25, 0.3) is 5.91 Å². The first kappa shape index (κ1) is 23.9. The van der Waals surface area contributed by atoms with Crippen LogP contribution in [0.5, 0.6) is 11.5 Å². The molecule has 0 spiro atoms. The van der Waals surface area contributed by atoms with Crippen molar-refractivity contribution in [3.63, 3.8) is 0 Å². The van der Waals surface area contributed by atoms with Crippen LogP contribution in [0.1, 0.15) is 42.7 Å². The Balaban J connectivity index is 1.44. The summed E-state index contributed by atoms with van der Waals surface area (Å²) in [5.74, 6) is -2.28. The van der Waals surface area contributed by atoms with Crippen LogP contribution in [0.4, 0.5) is 14.5 Å². The van der Waals surface area contributed by atoms with Crippen LogP contribution in [0, 0.1) is 11.6 Å². The highest BCUT2D eigenvalue weighted by Crippen LogP contribution is 2.47. The number of Topliss-reactive ketones (excluding diaryl/α,β-unsaturated/α-hetero) is 1. The fourth-order valence-corrected chi connectivity index (χ4v) is 5.53. The lowest BCUT2D eigenvalue weighted by Crippen LogP contribution is -2.37. The summed E-state index contributed by atoms with van der Waals surface area (Å²) in [4.78, 5) is 27.4. The number of halogens is 2. The maximum absolute atomic E-state index is 14.4. The molecule has 1 amide bonds. The maximum Gasteiger partial charge on any atom is 0.254 e. The van der Waals surface area contributed by atoms with Crippen molar-refractivity contribution < 1.29 is 27.8 Å². The topological polar surface area (TPSA) is 76.7 Å². The molecule has 0 fully saturated rings. The molecule has 3 aliphatic rings. The lowest BCUT2D eigenvalue weighted by Gasteiger charge is -2.37. The van der Waals surface area contributed by atoms with E-state index in [1.165, 1.54) is 6.07 Å². The second kappa shape index (κ2) is 9.45. The fourth-order valence-electron chi connectivity index (χ4n) is 5.53. The van der Waals surface area contributed by atoms with Crippen LogP contribution in [0.2, 0.25) is 0 Å². The third-order valence-corrected chi connectivity index (χ3v) is 7.27. The quantitative estimate of drug-likeness (QED) is 0.468. The number of dihydropyridines is 1. The summed E-state index contributed by atoms with van der Waals surface area (Å²) in [5.41, 5.74) is 3.09. The Morgan fingerprint density at radius 2 is 1.66 bits per heavy atom. The number of ether oxygens (including phenoxy) is 2. The number of benzene rings is 3. The summed E-state index contributed by atoms with van der Waals surface area (Å²) < 4.78 is 39.8. The Morgan fingerprint density at radius 3 is 2.42 bits per heavy atom. The van der Waals surface area contributed by atoms with Gasteiger partial charge < -0.3 is 20.1 Å². The molecule has 2 heterocycles. The van der Waals surface area contributed by atoms with Gasteiger partial charge in [0.1, 0.15) is 17.3 Å². The molecule has 0 radical (unpaired) electrons. The summed E-state index contributed by atoms with van der Waals surface area (Å²) in [6.45, 7) is 1.80.